The first-order valence-corrected chi connectivity index (χ1v) is 9.49. The van der Waals surface area contributed by atoms with Crippen molar-refractivity contribution in [3.8, 4) is 5.82 Å². The number of halogens is 2. The van der Waals surface area contributed by atoms with Gasteiger partial charge in [-0.15, -0.1) is 0 Å². The fourth-order valence-corrected chi connectivity index (χ4v) is 3.70. The number of amides is 2. The summed E-state index contributed by atoms with van der Waals surface area (Å²) >= 11 is 12.2. The molecule has 10 heteroatoms. The highest BCUT2D eigenvalue weighted by atomic mass is 35.5. The molecule has 29 heavy (non-hydrogen) atoms. The quantitative estimate of drug-likeness (QED) is 0.805. The summed E-state index contributed by atoms with van der Waals surface area (Å²) in [6.45, 7) is 3.48. The molecule has 0 saturated heterocycles. The monoisotopic (exact) mass is 430 g/mol. The Morgan fingerprint density at radius 1 is 1.28 bits per heavy atom. The van der Waals surface area contributed by atoms with Crippen molar-refractivity contribution >= 4 is 46.7 Å². The fourth-order valence-electron chi connectivity index (χ4n) is 3.24. The molecule has 8 nitrogen and oxygen atoms in total. The highest BCUT2D eigenvalue weighted by Gasteiger charge is 2.45. The van der Waals surface area contributed by atoms with Crippen LogP contribution < -0.4 is 5.32 Å². The maximum Gasteiger partial charge on any atom is 0.252 e. The Morgan fingerprint density at radius 2 is 2.07 bits per heavy atom. The molecule has 0 bridgehead atoms. The Hall–Kier alpha value is -2.97. The second kappa shape index (κ2) is 7.13. The van der Waals surface area contributed by atoms with E-state index in [1.54, 1.807) is 55.3 Å². The molecule has 4 rings (SSSR count). The van der Waals surface area contributed by atoms with Crippen LogP contribution in [0.1, 0.15) is 19.0 Å². The van der Waals surface area contributed by atoms with Gasteiger partial charge >= 0.3 is 0 Å². The number of hydrogen-bond donors (Lipinski definition) is 1. The molecule has 1 unspecified atom stereocenters. The summed E-state index contributed by atoms with van der Waals surface area (Å²) in [5.41, 5.74) is -0.503. The van der Waals surface area contributed by atoms with Gasteiger partial charge in [0.2, 0.25) is 0 Å². The first-order valence-electron chi connectivity index (χ1n) is 8.73. The van der Waals surface area contributed by atoms with Crippen molar-refractivity contribution in [2.45, 2.75) is 25.8 Å². The highest BCUT2D eigenvalue weighted by Crippen LogP contribution is 2.30. The van der Waals surface area contributed by atoms with Gasteiger partial charge < -0.3 is 10.2 Å². The van der Waals surface area contributed by atoms with Gasteiger partial charge in [-0.1, -0.05) is 29.3 Å². The molecule has 0 aromatic carbocycles. The van der Waals surface area contributed by atoms with Crippen LogP contribution >= 0.6 is 23.2 Å². The van der Waals surface area contributed by atoms with Crippen LogP contribution in [-0.4, -0.2) is 42.9 Å². The van der Waals surface area contributed by atoms with Gasteiger partial charge in [0.25, 0.3) is 11.8 Å². The standard InChI is InChI=1S/C19H16Cl2N6O2/c1-11-7-15(27(25-11)17-13(21)8-12(20)10-22-17)24-18(29)19(2)9-16(28)23-14-5-3-4-6-26(14)19/h3-8,10H,9H2,1-2H3,(H,24,29). The number of hydrogen-bond acceptors (Lipinski definition) is 5. The third kappa shape index (κ3) is 3.45. The number of carbonyl (C=O) groups is 2. The Bertz CT molecular complexity index is 1120. The van der Waals surface area contributed by atoms with Crippen molar-refractivity contribution in [3.63, 3.8) is 0 Å². The number of rotatable bonds is 3. The van der Waals surface area contributed by atoms with Crippen LogP contribution in [0.2, 0.25) is 10.0 Å². The summed E-state index contributed by atoms with van der Waals surface area (Å²) in [6, 6.07) is 3.24. The van der Waals surface area contributed by atoms with Crippen molar-refractivity contribution in [1.82, 2.24) is 19.7 Å². The Morgan fingerprint density at radius 3 is 2.83 bits per heavy atom. The average molecular weight is 431 g/mol. The lowest BCUT2D eigenvalue weighted by Gasteiger charge is -2.41. The molecule has 0 saturated carbocycles. The number of pyridine rings is 1. The number of amidine groups is 1. The minimum atomic E-state index is -1.16. The summed E-state index contributed by atoms with van der Waals surface area (Å²) < 4.78 is 1.43. The summed E-state index contributed by atoms with van der Waals surface area (Å²) in [5.74, 6) is 0.379. The number of aryl methyl sites for hydroxylation is 1. The molecular formula is C19H16Cl2N6O2. The van der Waals surface area contributed by atoms with Crippen LogP contribution in [0, 0.1) is 6.92 Å². The predicted molar refractivity (Wildman–Crippen MR) is 110 cm³/mol. The minimum Gasteiger partial charge on any atom is -0.317 e. The predicted octanol–water partition coefficient (Wildman–Crippen LogP) is 3.29. The number of fused-ring (bicyclic) bond motifs is 1. The lowest BCUT2D eigenvalue weighted by molar-refractivity contribution is -0.130. The number of aromatic nitrogens is 3. The SMILES string of the molecule is Cc1cc(NC(=O)C2(C)CC(=O)N=C3C=CC=CN32)n(-c2ncc(Cl)cc2Cl)n1. The minimum absolute atomic E-state index is 0.0619. The number of allylic oxidation sites excluding steroid dienone is 2. The Labute approximate surface area is 176 Å². The van der Waals surface area contributed by atoms with E-state index < -0.39 is 5.54 Å². The summed E-state index contributed by atoms with van der Waals surface area (Å²) in [6.07, 6.45) is 8.35. The van der Waals surface area contributed by atoms with Crippen molar-refractivity contribution in [2.75, 3.05) is 5.32 Å². The van der Waals surface area contributed by atoms with Gasteiger partial charge in [-0.05, 0) is 32.1 Å². The maximum absolute atomic E-state index is 13.3. The molecule has 2 aromatic rings. The Balaban J connectivity index is 1.69. The van der Waals surface area contributed by atoms with E-state index in [2.05, 4.69) is 20.4 Å². The number of anilines is 1. The lowest BCUT2D eigenvalue weighted by Crippen LogP contribution is -2.58. The molecule has 148 valence electrons. The highest BCUT2D eigenvalue weighted by molar-refractivity contribution is 6.35. The maximum atomic E-state index is 13.3. The van der Waals surface area contributed by atoms with Crippen LogP contribution in [0.15, 0.2) is 47.7 Å². The second-order valence-electron chi connectivity index (χ2n) is 6.88. The number of carbonyl (C=O) groups excluding carboxylic acids is 2. The molecule has 1 atom stereocenters. The van der Waals surface area contributed by atoms with E-state index in [-0.39, 0.29) is 23.3 Å². The number of nitrogens with one attached hydrogen (secondary N) is 1. The third-order valence-corrected chi connectivity index (χ3v) is 5.14. The molecule has 0 radical (unpaired) electrons. The lowest BCUT2D eigenvalue weighted by atomic mass is 9.91. The van der Waals surface area contributed by atoms with Gasteiger partial charge in [-0.25, -0.2) is 4.98 Å². The molecule has 0 spiro atoms. The van der Waals surface area contributed by atoms with Gasteiger partial charge in [0.15, 0.2) is 5.82 Å². The van der Waals surface area contributed by atoms with E-state index in [0.717, 1.165) is 0 Å². The first-order chi connectivity index (χ1) is 13.8. The van der Waals surface area contributed by atoms with E-state index in [9.17, 15) is 9.59 Å². The summed E-state index contributed by atoms with van der Waals surface area (Å²) in [4.78, 5) is 35.3. The fraction of sp³-hybridized carbons (Fsp3) is 0.211. The molecule has 2 aliphatic rings. The number of nitrogens with zero attached hydrogens (tertiary/aromatic N) is 5. The van der Waals surface area contributed by atoms with Gasteiger partial charge in [0, 0.05) is 18.5 Å². The van der Waals surface area contributed by atoms with Gasteiger partial charge in [-0.3, -0.25) is 9.59 Å². The normalized spacial score (nSPS) is 20.5. The first kappa shape index (κ1) is 19.4. The molecule has 4 heterocycles. The van der Waals surface area contributed by atoms with Gasteiger partial charge in [0.1, 0.15) is 17.2 Å². The van der Waals surface area contributed by atoms with Gasteiger partial charge in [0.05, 0.1) is 22.2 Å². The number of aliphatic imine (C=N–C) groups is 1. The molecule has 0 aliphatic carbocycles. The topological polar surface area (TPSA) is 92.5 Å². The smallest absolute Gasteiger partial charge is 0.252 e. The van der Waals surface area contributed by atoms with Crippen molar-refractivity contribution in [1.29, 1.82) is 0 Å². The van der Waals surface area contributed by atoms with E-state index >= 15 is 0 Å². The van der Waals surface area contributed by atoms with E-state index in [1.807, 2.05) is 0 Å². The van der Waals surface area contributed by atoms with E-state index in [4.69, 9.17) is 23.2 Å². The van der Waals surface area contributed by atoms with Crippen molar-refractivity contribution < 1.29 is 9.59 Å². The molecule has 1 N–H and O–H groups in total. The van der Waals surface area contributed by atoms with Crippen molar-refractivity contribution in [2.24, 2.45) is 4.99 Å². The zero-order valence-electron chi connectivity index (χ0n) is 15.6. The largest absolute Gasteiger partial charge is 0.317 e. The van der Waals surface area contributed by atoms with Crippen LogP contribution in [0.5, 0.6) is 0 Å². The second-order valence-corrected chi connectivity index (χ2v) is 7.72. The Kier molecular flexibility index (Phi) is 4.76. The average Bonchev–Trinajstić information content (AvgIpc) is 3.01. The molecule has 0 fully saturated rings. The van der Waals surface area contributed by atoms with Crippen molar-refractivity contribution in [3.05, 3.63) is 58.5 Å². The van der Waals surface area contributed by atoms with Crippen LogP contribution in [0.4, 0.5) is 5.82 Å². The molecule has 2 aromatic heterocycles. The zero-order chi connectivity index (χ0) is 20.8. The van der Waals surface area contributed by atoms with E-state index in [0.29, 0.717) is 28.2 Å². The molecule has 2 amide bonds. The summed E-state index contributed by atoms with van der Waals surface area (Å²) in [7, 11) is 0. The zero-order valence-corrected chi connectivity index (χ0v) is 17.1. The molecular weight excluding hydrogens is 415 g/mol. The van der Waals surface area contributed by atoms with Gasteiger partial charge in [-0.2, -0.15) is 14.8 Å². The van der Waals surface area contributed by atoms with E-state index in [1.165, 1.54) is 10.9 Å². The summed E-state index contributed by atoms with van der Waals surface area (Å²) in [5, 5.41) is 7.90. The molecule has 2 aliphatic heterocycles. The van der Waals surface area contributed by atoms with Crippen LogP contribution in [0.3, 0.4) is 0 Å². The third-order valence-electron chi connectivity index (χ3n) is 4.66. The van der Waals surface area contributed by atoms with Crippen LogP contribution in [0.25, 0.3) is 5.82 Å². The van der Waals surface area contributed by atoms with Crippen LogP contribution in [-0.2, 0) is 9.59 Å².